The number of rotatable bonds is 4. The molecule has 2 aromatic heterocycles. The van der Waals surface area contributed by atoms with Gasteiger partial charge in [-0.2, -0.15) is 8.78 Å². The van der Waals surface area contributed by atoms with Crippen LogP contribution in [-0.4, -0.2) is 15.5 Å². The highest BCUT2D eigenvalue weighted by Gasteiger charge is 2.30. The molecule has 0 radical (unpaired) electrons. The van der Waals surface area contributed by atoms with Crippen molar-refractivity contribution in [3.8, 4) is 0 Å². The number of hydrogen-bond acceptors (Lipinski definition) is 3. The van der Waals surface area contributed by atoms with E-state index in [2.05, 4.69) is 10.3 Å². The minimum atomic E-state index is -2.90. The molecule has 1 fully saturated rings. The predicted molar refractivity (Wildman–Crippen MR) is 94.0 cm³/mol. The van der Waals surface area contributed by atoms with Crippen LogP contribution in [0, 0.1) is 5.92 Å². The van der Waals surface area contributed by atoms with Crippen molar-refractivity contribution < 1.29 is 13.6 Å². The molecule has 1 N–H and O–H groups in total. The molecule has 1 amide bonds. The summed E-state index contributed by atoms with van der Waals surface area (Å²) < 4.78 is 26.2. The van der Waals surface area contributed by atoms with Gasteiger partial charge in [0.05, 0.1) is 10.9 Å². The fraction of sp³-hybridized carbons (Fsp3) is 0.500. The first kappa shape index (κ1) is 19.0. The van der Waals surface area contributed by atoms with Crippen LogP contribution in [0.5, 0.6) is 0 Å². The molecule has 0 bridgehead atoms. The largest absolute Gasteiger partial charge is 0.321 e. The van der Waals surface area contributed by atoms with E-state index in [1.807, 2.05) is 27.7 Å². The maximum atomic E-state index is 12.9. The van der Waals surface area contributed by atoms with Crippen molar-refractivity contribution in [3.63, 3.8) is 0 Å². The maximum absolute atomic E-state index is 12.9. The molecule has 0 unspecified atom stereocenters. The Morgan fingerprint density at radius 2 is 1.96 bits per heavy atom. The first-order chi connectivity index (χ1) is 11.9. The second-order valence-corrected chi connectivity index (χ2v) is 6.08. The Morgan fingerprint density at radius 1 is 1.32 bits per heavy atom. The summed E-state index contributed by atoms with van der Waals surface area (Å²) in [7, 11) is 0. The van der Waals surface area contributed by atoms with Crippen molar-refractivity contribution in [1.29, 1.82) is 0 Å². The normalized spacial score (nSPS) is 13.8. The minimum absolute atomic E-state index is 0.0295. The van der Waals surface area contributed by atoms with Gasteiger partial charge < -0.3 is 5.32 Å². The summed E-state index contributed by atoms with van der Waals surface area (Å²) in [6, 6.07) is 2.98. The van der Waals surface area contributed by atoms with Crippen LogP contribution in [0.4, 0.5) is 14.6 Å². The highest BCUT2D eigenvalue weighted by Crippen LogP contribution is 2.31. The fourth-order valence-electron chi connectivity index (χ4n) is 2.53. The van der Waals surface area contributed by atoms with Gasteiger partial charge in [-0.05, 0) is 36.5 Å². The van der Waals surface area contributed by atoms with E-state index in [1.54, 1.807) is 6.07 Å². The van der Waals surface area contributed by atoms with Crippen molar-refractivity contribution in [1.82, 2.24) is 9.55 Å². The van der Waals surface area contributed by atoms with Crippen LogP contribution in [0.1, 0.15) is 58.6 Å². The lowest BCUT2D eigenvalue weighted by Gasteiger charge is -2.14. The molecule has 1 aliphatic carbocycles. The number of alkyl halides is 2. The number of halogens is 2. The van der Waals surface area contributed by atoms with E-state index in [1.165, 1.54) is 6.07 Å². The Kier molecular flexibility index (Phi) is 5.87. The molecule has 2 aromatic rings. The molecule has 0 atom stereocenters. The average Bonchev–Trinajstić information content (AvgIpc) is 3.40. The topological polar surface area (TPSA) is 64.0 Å². The zero-order chi connectivity index (χ0) is 18.7. The van der Waals surface area contributed by atoms with Gasteiger partial charge in [-0.1, -0.05) is 27.7 Å². The predicted octanol–water partition coefficient (Wildman–Crippen LogP) is 4.29. The number of aromatic nitrogens is 2. The zero-order valence-corrected chi connectivity index (χ0v) is 14.8. The van der Waals surface area contributed by atoms with Gasteiger partial charge in [-0.3, -0.25) is 14.2 Å². The molecule has 0 saturated heterocycles. The summed E-state index contributed by atoms with van der Waals surface area (Å²) in [6.07, 6.45) is 2.77. The lowest BCUT2D eigenvalue weighted by molar-refractivity contribution is -0.117. The number of fused-ring (bicyclic) bond motifs is 1. The summed E-state index contributed by atoms with van der Waals surface area (Å²) >= 11 is 0. The van der Waals surface area contributed by atoms with Crippen molar-refractivity contribution in [3.05, 3.63) is 34.2 Å². The van der Waals surface area contributed by atoms with Gasteiger partial charge in [0.1, 0.15) is 5.82 Å². The number of nitrogens with one attached hydrogen (secondary N) is 1. The molecular weight excluding hydrogens is 328 g/mol. The van der Waals surface area contributed by atoms with Crippen LogP contribution in [0.3, 0.4) is 0 Å². The second kappa shape index (κ2) is 7.72. The van der Waals surface area contributed by atoms with Gasteiger partial charge in [0.25, 0.3) is 5.56 Å². The van der Waals surface area contributed by atoms with E-state index in [0.29, 0.717) is 21.5 Å². The average molecular weight is 351 g/mol. The molecule has 3 rings (SSSR count). The summed E-state index contributed by atoms with van der Waals surface area (Å²) in [5, 5.41) is 2.91. The van der Waals surface area contributed by atoms with Crippen LogP contribution in [0.2, 0.25) is 0 Å². The molecule has 25 heavy (non-hydrogen) atoms. The first-order valence-corrected chi connectivity index (χ1v) is 8.53. The van der Waals surface area contributed by atoms with Gasteiger partial charge in [-0.25, -0.2) is 4.98 Å². The van der Waals surface area contributed by atoms with Crippen LogP contribution in [0.25, 0.3) is 10.9 Å². The monoisotopic (exact) mass is 351 g/mol. The molecule has 1 saturated carbocycles. The van der Waals surface area contributed by atoms with Gasteiger partial charge in [0, 0.05) is 12.1 Å². The number of hydrogen-bond donors (Lipinski definition) is 1. The quantitative estimate of drug-likeness (QED) is 0.894. The number of nitrogens with zero attached hydrogens (tertiary/aromatic N) is 2. The van der Waals surface area contributed by atoms with Gasteiger partial charge in [0.2, 0.25) is 5.91 Å². The van der Waals surface area contributed by atoms with Crippen LogP contribution < -0.4 is 10.9 Å². The van der Waals surface area contributed by atoms with E-state index < -0.39 is 12.1 Å². The molecule has 0 spiro atoms. The first-order valence-electron chi connectivity index (χ1n) is 8.53. The third-order valence-corrected chi connectivity index (χ3v) is 3.95. The molecule has 2 heterocycles. The summed E-state index contributed by atoms with van der Waals surface area (Å²) in [5.41, 5.74) is 0.138. The van der Waals surface area contributed by atoms with E-state index >= 15 is 0 Å². The van der Waals surface area contributed by atoms with E-state index in [4.69, 9.17) is 0 Å². The molecule has 136 valence electrons. The fourth-order valence-corrected chi connectivity index (χ4v) is 2.53. The molecule has 0 aliphatic heterocycles. The number of carbonyl (C=O) groups is 1. The number of carbonyl (C=O) groups excluding carboxylic acids is 1. The van der Waals surface area contributed by atoms with Crippen molar-refractivity contribution in [2.45, 2.75) is 53.0 Å². The summed E-state index contributed by atoms with van der Waals surface area (Å²) in [6.45, 7) is 4.82. The Morgan fingerprint density at radius 3 is 2.48 bits per heavy atom. The zero-order valence-electron chi connectivity index (χ0n) is 14.8. The standard InChI is InChI=1S/C16H17F2N3O2.C2H6/c1-8(2)10-7-12(20-14(22)9-3-4-9)19-11-5-6-21(16(17)18)15(23)13(10)11;1-2/h5-9,16H,3-4H2,1-2H3,(H,19,20,22);1-2H3. The Balaban J connectivity index is 0.00000109. The summed E-state index contributed by atoms with van der Waals surface area (Å²) in [5.74, 6) is 0.222. The van der Waals surface area contributed by atoms with Crippen LogP contribution >= 0.6 is 0 Å². The lowest BCUT2D eigenvalue weighted by atomic mass is 9.99. The highest BCUT2D eigenvalue weighted by atomic mass is 19.3. The van der Waals surface area contributed by atoms with E-state index in [0.717, 1.165) is 19.0 Å². The van der Waals surface area contributed by atoms with Gasteiger partial charge >= 0.3 is 6.55 Å². The Hall–Kier alpha value is -2.31. The van der Waals surface area contributed by atoms with Crippen molar-refractivity contribution in [2.24, 2.45) is 5.92 Å². The van der Waals surface area contributed by atoms with Crippen LogP contribution in [-0.2, 0) is 4.79 Å². The molecule has 5 nitrogen and oxygen atoms in total. The van der Waals surface area contributed by atoms with Gasteiger partial charge in [0.15, 0.2) is 0 Å². The van der Waals surface area contributed by atoms with Crippen molar-refractivity contribution >= 4 is 22.6 Å². The van der Waals surface area contributed by atoms with E-state index in [-0.39, 0.29) is 23.1 Å². The number of anilines is 1. The second-order valence-electron chi connectivity index (χ2n) is 6.08. The summed E-state index contributed by atoms with van der Waals surface area (Å²) in [4.78, 5) is 28.4. The maximum Gasteiger partial charge on any atom is 0.321 e. The molecular formula is C18H23F2N3O2. The van der Waals surface area contributed by atoms with E-state index in [9.17, 15) is 18.4 Å². The molecule has 7 heteroatoms. The number of amides is 1. The third-order valence-electron chi connectivity index (χ3n) is 3.95. The third kappa shape index (κ3) is 4.03. The highest BCUT2D eigenvalue weighted by molar-refractivity contribution is 5.95. The Labute approximate surface area is 145 Å². The van der Waals surface area contributed by atoms with Crippen LogP contribution in [0.15, 0.2) is 23.1 Å². The molecule has 0 aromatic carbocycles. The SMILES string of the molecule is CC.CC(C)c1cc(NC(=O)C2CC2)nc2ccn(C(F)F)c(=O)c12. The Bertz CT molecular complexity index is 827. The lowest BCUT2D eigenvalue weighted by Crippen LogP contribution is -2.22. The van der Waals surface area contributed by atoms with Gasteiger partial charge in [-0.15, -0.1) is 0 Å². The minimum Gasteiger partial charge on any atom is -0.310 e. The molecule has 1 aliphatic rings. The smallest absolute Gasteiger partial charge is 0.310 e. The number of pyridine rings is 2. The van der Waals surface area contributed by atoms with Crippen molar-refractivity contribution in [2.75, 3.05) is 5.32 Å².